The molecule has 0 radical (unpaired) electrons. The van der Waals surface area contributed by atoms with E-state index in [2.05, 4.69) is 27.9 Å². The molecule has 6 heteroatoms. The zero-order valence-electron chi connectivity index (χ0n) is 12.1. The second-order valence-electron chi connectivity index (χ2n) is 5.31. The van der Waals surface area contributed by atoms with Gasteiger partial charge in [0.25, 0.3) is 5.91 Å². The lowest BCUT2D eigenvalue weighted by molar-refractivity contribution is -0.121. The molecule has 2 amide bonds. The quantitative estimate of drug-likeness (QED) is 0.586. The highest BCUT2D eigenvalue weighted by Crippen LogP contribution is 2.24. The molecule has 1 heterocycles. The van der Waals surface area contributed by atoms with Crippen LogP contribution in [0.1, 0.15) is 12.0 Å². The summed E-state index contributed by atoms with van der Waals surface area (Å²) in [4.78, 5) is 25.9. The van der Waals surface area contributed by atoms with Crippen LogP contribution >= 0.6 is 34.2 Å². The van der Waals surface area contributed by atoms with E-state index in [1.807, 2.05) is 24.3 Å². The standard InChI is InChI=1S/C17H14ClIN2O2/c18-12-3-1-11(2-4-12)10-20-15-9-16(22)21(17(15)23)14-7-5-13(19)6-8-14/h1-8,15,20H,9-10H2. The molecule has 23 heavy (non-hydrogen) atoms. The summed E-state index contributed by atoms with van der Waals surface area (Å²) in [6, 6.07) is 14.3. The molecule has 0 aliphatic carbocycles. The van der Waals surface area contributed by atoms with Gasteiger partial charge in [0.05, 0.1) is 18.2 Å². The van der Waals surface area contributed by atoms with Crippen LogP contribution in [0.3, 0.4) is 0 Å². The maximum Gasteiger partial charge on any atom is 0.251 e. The van der Waals surface area contributed by atoms with Crippen molar-refractivity contribution in [2.75, 3.05) is 4.90 Å². The highest BCUT2D eigenvalue weighted by atomic mass is 127. The van der Waals surface area contributed by atoms with Crippen LogP contribution in [-0.2, 0) is 16.1 Å². The molecule has 1 aliphatic heterocycles. The van der Waals surface area contributed by atoms with Crippen molar-refractivity contribution in [3.05, 3.63) is 62.7 Å². The second-order valence-corrected chi connectivity index (χ2v) is 6.99. The van der Waals surface area contributed by atoms with Crippen LogP contribution in [0.4, 0.5) is 5.69 Å². The minimum absolute atomic E-state index is 0.176. The van der Waals surface area contributed by atoms with Crippen molar-refractivity contribution in [3.8, 4) is 0 Å². The fourth-order valence-corrected chi connectivity index (χ4v) is 2.98. The number of benzene rings is 2. The maximum atomic E-state index is 12.5. The first-order valence-electron chi connectivity index (χ1n) is 7.15. The number of nitrogens with one attached hydrogen (secondary N) is 1. The van der Waals surface area contributed by atoms with Gasteiger partial charge in [0.15, 0.2) is 0 Å². The summed E-state index contributed by atoms with van der Waals surface area (Å²) in [6.07, 6.45) is 0.179. The number of nitrogens with zero attached hydrogens (tertiary/aromatic N) is 1. The molecule has 3 rings (SSSR count). The van der Waals surface area contributed by atoms with Crippen LogP contribution < -0.4 is 10.2 Å². The lowest BCUT2D eigenvalue weighted by atomic mass is 10.2. The number of carbonyl (C=O) groups is 2. The highest BCUT2D eigenvalue weighted by molar-refractivity contribution is 14.1. The third kappa shape index (κ3) is 3.73. The smallest absolute Gasteiger partial charge is 0.251 e. The molecular formula is C17H14ClIN2O2. The fourth-order valence-electron chi connectivity index (χ4n) is 2.50. The molecule has 1 N–H and O–H groups in total. The Morgan fingerprint density at radius 3 is 2.39 bits per heavy atom. The number of anilines is 1. The van der Waals surface area contributed by atoms with Crippen molar-refractivity contribution in [1.82, 2.24) is 5.32 Å². The minimum atomic E-state index is -0.488. The summed E-state index contributed by atoms with van der Waals surface area (Å²) in [5.41, 5.74) is 1.64. The number of rotatable bonds is 4. The number of carbonyl (C=O) groups excluding carboxylic acids is 2. The largest absolute Gasteiger partial charge is 0.301 e. The molecule has 0 spiro atoms. The SMILES string of the molecule is O=C1CC(NCc2ccc(Cl)cc2)C(=O)N1c1ccc(I)cc1. The minimum Gasteiger partial charge on any atom is -0.301 e. The van der Waals surface area contributed by atoms with Gasteiger partial charge in [-0.1, -0.05) is 23.7 Å². The van der Waals surface area contributed by atoms with Gasteiger partial charge in [0.1, 0.15) is 0 Å². The van der Waals surface area contributed by atoms with Crippen molar-refractivity contribution in [3.63, 3.8) is 0 Å². The number of hydrogen-bond donors (Lipinski definition) is 1. The van der Waals surface area contributed by atoms with Crippen molar-refractivity contribution in [1.29, 1.82) is 0 Å². The Hall–Kier alpha value is -1.44. The molecule has 1 fully saturated rings. The zero-order valence-corrected chi connectivity index (χ0v) is 15.0. The number of halogens is 2. The van der Waals surface area contributed by atoms with Crippen LogP contribution in [0.15, 0.2) is 48.5 Å². The molecule has 0 aromatic heterocycles. The Labute approximate surface area is 153 Å². The monoisotopic (exact) mass is 440 g/mol. The van der Waals surface area contributed by atoms with E-state index in [0.29, 0.717) is 17.3 Å². The Bertz CT molecular complexity index is 731. The molecule has 4 nitrogen and oxygen atoms in total. The lowest BCUT2D eigenvalue weighted by Gasteiger charge is -2.15. The predicted octanol–water partition coefficient (Wildman–Crippen LogP) is 3.37. The van der Waals surface area contributed by atoms with Gasteiger partial charge in [-0.05, 0) is 64.6 Å². The van der Waals surface area contributed by atoms with E-state index >= 15 is 0 Å². The summed E-state index contributed by atoms with van der Waals surface area (Å²) < 4.78 is 1.06. The molecule has 0 bridgehead atoms. The van der Waals surface area contributed by atoms with E-state index in [1.54, 1.807) is 24.3 Å². The number of hydrogen-bond acceptors (Lipinski definition) is 3. The van der Waals surface area contributed by atoms with Gasteiger partial charge in [-0.2, -0.15) is 0 Å². The highest BCUT2D eigenvalue weighted by Gasteiger charge is 2.39. The average Bonchev–Trinajstić information content (AvgIpc) is 2.82. The molecule has 1 atom stereocenters. The van der Waals surface area contributed by atoms with E-state index in [-0.39, 0.29) is 18.2 Å². The molecule has 1 unspecified atom stereocenters. The normalized spacial score (nSPS) is 17.8. The van der Waals surface area contributed by atoms with Gasteiger partial charge >= 0.3 is 0 Å². The van der Waals surface area contributed by atoms with E-state index in [4.69, 9.17) is 11.6 Å². The molecular weight excluding hydrogens is 427 g/mol. The van der Waals surface area contributed by atoms with Gasteiger partial charge in [-0.25, -0.2) is 4.90 Å². The predicted molar refractivity (Wildman–Crippen MR) is 98.3 cm³/mol. The maximum absolute atomic E-state index is 12.5. The van der Waals surface area contributed by atoms with Crippen molar-refractivity contribution < 1.29 is 9.59 Å². The first-order chi connectivity index (χ1) is 11.0. The molecule has 118 valence electrons. The van der Waals surface area contributed by atoms with E-state index in [0.717, 1.165) is 9.13 Å². The molecule has 0 saturated carbocycles. The van der Waals surface area contributed by atoms with Crippen molar-refractivity contribution >= 4 is 51.7 Å². The summed E-state index contributed by atoms with van der Waals surface area (Å²) in [7, 11) is 0. The van der Waals surface area contributed by atoms with Crippen molar-refractivity contribution in [2.45, 2.75) is 19.0 Å². The Balaban J connectivity index is 1.68. The third-order valence-corrected chi connectivity index (χ3v) is 4.67. The number of imide groups is 1. The molecule has 1 saturated heterocycles. The average molecular weight is 441 g/mol. The van der Waals surface area contributed by atoms with E-state index in [1.165, 1.54) is 4.90 Å². The molecule has 2 aromatic rings. The third-order valence-electron chi connectivity index (χ3n) is 3.70. The Kier molecular flexibility index (Phi) is 4.99. The summed E-state index contributed by atoms with van der Waals surface area (Å²) in [5, 5.41) is 3.82. The summed E-state index contributed by atoms with van der Waals surface area (Å²) >= 11 is 8.04. The van der Waals surface area contributed by atoms with E-state index < -0.39 is 6.04 Å². The van der Waals surface area contributed by atoms with Gasteiger partial charge < -0.3 is 5.32 Å². The first-order valence-corrected chi connectivity index (χ1v) is 8.60. The molecule has 2 aromatic carbocycles. The van der Waals surface area contributed by atoms with Gasteiger partial charge in [-0.3, -0.25) is 9.59 Å². The zero-order chi connectivity index (χ0) is 16.4. The van der Waals surface area contributed by atoms with Gasteiger partial charge in [0, 0.05) is 15.1 Å². The lowest BCUT2D eigenvalue weighted by Crippen LogP contribution is -2.38. The van der Waals surface area contributed by atoms with Crippen LogP contribution in [-0.4, -0.2) is 17.9 Å². The van der Waals surface area contributed by atoms with Gasteiger partial charge in [-0.15, -0.1) is 0 Å². The summed E-state index contributed by atoms with van der Waals surface area (Å²) in [5.74, 6) is -0.380. The first kappa shape index (κ1) is 16.4. The Morgan fingerprint density at radius 2 is 1.74 bits per heavy atom. The molecule has 1 aliphatic rings. The van der Waals surface area contributed by atoms with Crippen molar-refractivity contribution in [2.24, 2.45) is 0 Å². The second kappa shape index (κ2) is 6.98. The topological polar surface area (TPSA) is 49.4 Å². The van der Waals surface area contributed by atoms with E-state index in [9.17, 15) is 9.59 Å². The number of amides is 2. The van der Waals surface area contributed by atoms with Gasteiger partial charge in [0.2, 0.25) is 5.91 Å². The van der Waals surface area contributed by atoms with Crippen LogP contribution in [0.2, 0.25) is 5.02 Å². The van der Waals surface area contributed by atoms with Crippen LogP contribution in [0, 0.1) is 3.57 Å². The fraction of sp³-hybridized carbons (Fsp3) is 0.176. The Morgan fingerprint density at radius 1 is 1.09 bits per heavy atom. The van der Waals surface area contributed by atoms with Crippen LogP contribution in [0.25, 0.3) is 0 Å². The summed E-state index contributed by atoms with van der Waals surface area (Å²) in [6.45, 7) is 0.515. The van der Waals surface area contributed by atoms with Crippen LogP contribution in [0.5, 0.6) is 0 Å².